The maximum Gasteiger partial charge on any atom is 0.335 e. The summed E-state index contributed by atoms with van der Waals surface area (Å²) in [7, 11) is 0. The molecule has 0 saturated carbocycles. The zero-order valence-electron chi connectivity index (χ0n) is 11.5. The van der Waals surface area contributed by atoms with Crippen LogP contribution in [-0.4, -0.2) is 11.1 Å². The lowest BCUT2D eigenvalue weighted by Gasteiger charge is -2.11. The smallest absolute Gasteiger partial charge is 0.335 e. The van der Waals surface area contributed by atoms with Crippen LogP contribution < -0.4 is 0 Å². The predicted molar refractivity (Wildman–Crippen MR) is 76.9 cm³/mol. The summed E-state index contributed by atoms with van der Waals surface area (Å²) in [6, 6.07) is 11.5. The van der Waals surface area contributed by atoms with Crippen LogP contribution in [0.4, 0.5) is 0 Å². The molecule has 0 fully saturated rings. The van der Waals surface area contributed by atoms with E-state index >= 15 is 0 Å². The summed E-state index contributed by atoms with van der Waals surface area (Å²) in [4.78, 5) is 11.0. The summed E-state index contributed by atoms with van der Waals surface area (Å²) in [6.07, 6.45) is 0.777. The van der Waals surface area contributed by atoms with E-state index in [1.807, 2.05) is 6.07 Å². The van der Waals surface area contributed by atoms with Gasteiger partial charge < -0.3 is 5.11 Å². The van der Waals surface area contributed by atoms with Crippen molar-refractivity contribution in [3.63, 3.8) is 0 Å². The lowest BCUT2D eigenvalue weighted by molar-refractivity contribution is 0.0697. The Bertz CT molecular complexity index is 604. The van der Waals surface area contributed by atoms with Gasteiger partial charge in [0.25, 0.3) is 0 Å². The van der Waals surface area contributed by atoms with Crippen molar-refractivity contribution in [2.75, 3.05) is 0 Å². The topological polar surface area (TPSA) is 37.3 Å². The molecule has 0 saturated heterocycles. The molecule has 2 rings (SSSR count). The van der Waals surface area contributed by atoms with Crippen LogP contribution in [0, 0.1) is 20.8 Å². The summed E-state index contributed by atoms with van der Waals surface area (Å²) >= 11 is 0. The molecule has 0 atom stereocenters. The lowest BCUT2D eigenvalue weighted by Crippen LogP contribution is -2.00. The van der Waals surface area contributed by atoms with Crippen molar-refractivity contribution in [2.24, 2.45) is 0 Å². The Morgan fingerprint density at radius 2 is 1.68 bits per heavy atom. The van der Waals surface area contributed by atoms with Gasteiger partial charge in [-0.05, 0) is 61.6 Å². The molecule has 1 N–H and O–H groups in total. The molecular formula is C17H18O2. The number of hydrogen-bond donors (Lipinski definition) is 1. The first-order chi connectivity index (χ1) is 8.97. The summed E-state index contributed by atoms with van der Waals surface area (Å²) in [5, 5.41) is 9.02. The number of aryl methyl sites for hydroxylation is 3. The molecule has 0 spiro atoms. The Labute approximate surface area is 113 Å². The molecular weight excluding hydrogens is 236 g/mol. The van der Waals surface area contributed by atoms with Crippen LogP contribution in [0.3, 0.4) is 0 Å². The molecule has 2 aromatic rings. The quantitative estimate of drug-likeness (QED) is 0.902. The molecule has 0 aliphatic heterocycles. The molecule has 0 unspecified atom stereocenters. The highest BCUT2D eigenvalue weighted by Crippen LogP contribution is 2.20. The third-order valence-electron chi connectivity index (χ3n) is 3.40. The third kappa shape index (κ3) is 3.02. The zero-order valence-corrected chi connectivity index (χ0v) is 11.5. The normalized spacial score (nSPS) is 10.5. The average Bonchev–Trinajstić information content (AvgIpc) is 2.34. The van der Waals surface area contributed by atoms with Gasteiger partial charge in [0.05, 0.1) is 5.56 Å². The summed E-state index contributed by atoms with van der Waals surface area (Å²) in [5.74, 6) is -0.876. The Kier molecular flexibility index (Phi) is 3.70. The molecule has 2 aromatic carbocycles. The van der Waals surface area contributed by atoms with E-state index in [1.54, 1.807) is 18.2 Å². The van der Waals surface area contributed by atoms with Crippen molar-refractivity contribution in [1.82, 2.24) is 0 Å². The van der Waals surface area contributed by atoms with E-state index < -0.39 is 5.97 Å². The second kappa shape index (κ2) is 5.27. The summed E-state index contributed by atoms with van der Waals surface area (Å²) in [6.45, 7) is 6.31. The number of hydrogen-bond acceptors (Lipinski definition) is 1. The van der Waals surface area contributed by atoms with Gasteiger partial charge in [-0.2, -0.15) is 0 Å². The van der Waals surface area contributed by atoms with Gasteiger partial charge >= 0.3 is 5.97 Å². The van der Waals surface area contributed by atoms with E-state index in [0.717, 1.165) is 12.0 Å². The van der Waals surface area contributed by atoms with Gasteiger partial charge in [-0.3, -0.25) is 0 Å². The number of aromatic carboxylic acids is 1. The number of carboxylic acids is 1. The van der Waals surface area contributed by atoms with E-state index in [4.69, 9.17) is 5.11 Å². The van der Waals surface area contributed by atoms with Gasteiger partial charge in [0.1, 0.15) is 0 Å². The van der Waals surface area contributed by atoms with Crippen LogP contribution >= 0.6 is 0 Å². The fourth-order valence-electron chi connectivity index (χ4n) is 2.51. The number of rotatable bonds is 3. The van der Waals surface area contributed by atoms with Gasteiger partial charge in [-0.15, -0.1) is 0 Å². The maximum atomic E-state index is 11.0. The van der Waals surface area contributed by atoms with E-state index in [9.17, 15) is 4.79 Å². The van der Waals surface area contributed by atoms with Crippen molar-refractivity contribution in [3.05, 3.63) is 69.8 Å². The Morgan fingerprint density at radius 3 is 2.26 bits per heavy atom. The van der Waals surface area contributed by atoms with E-state index in [2.05, 4.69) is 32.9 Å². The van der Waals surface area contributed by atoms with Crippen molar-refractivity contribution >= 4 is 5.97 Å². The molecule has 0 bridgehead atoms. The van der Waals surface area contributed by atoms with Crippen LogP contribution in [0.25, 0.3) is 0 Å². The predicted octanol–water partition coefficient (Wildman–Crippen LogP) is 3.90. The van der Waals surface area contributed by atoms with Crippen molar-refractivity contribution in [2.45, 2.75) is 27.2 Å². The standard InChI is InChI=1S/C17H18O2/c1-11-7-12(2)16(13(3)8-11)10-14-5-4-6-15(9-14)17(18)19/h4-9H,10H2,1-3H3,(H,18,19). The highest BCUT2D eigenvalue weighted by molar-refractivity contribution is 5.87. The van der Waals surface area contributed by atoms with Gasteiger partial charge in [-0.25, -0.2) is 4.79 Å². The molecule has 0 heterocycles. The number of carbonyl (C=O) groups is 1. The fourth-order valence-corrected chi connectivity index (χ4v) is 2.51. The first-order valence-corrected chi connectivity index (χ1v) is 6.36. The van der Waals surface area contributed by atoms with E-state index in [1.165, 1.54) is 22.3 Å². The van der Waals surface area contributed by atoms with E-state index in [-0.39, 0.29) is 0 Å². The Balaban J connectivity index is 2.36. The zero-order chi connectivity index (χ0) is 14.0. The van der Waals surface area contributed by atoms with Crippen LogP contribution in [0.5, 0.6) is 0 Å². The highest BCUT2D eigenvalue weighted by Gasteiger charge is 2.07. The molecule has 2 heteroatoms. The molecule has 98 valence electrons. The van der Waals surface area contributed by atoms with Crippen LogP contribution in [0.1, 0.15) is 38.2 Å². The molecule has 0 aliphatic rings. The van der Waals surface area contributed by atoms with Crippen LogP contribution in [0.2, 0.25) is 0 Å². The first-order valence-electron chi connectivity index (χ1n) is 6.36. The maximum absolute atomic E-state index is 11.0. The minimum Gasteiger partial charge on any atom is -0.478 e. The van der Waals surface area contributed by atoms with Crippen molar-refractivity contribution in [3.8, 4) is 0 Å². The lowest BCUT2D eigenvalue weighted by atomic mass is 9.94. The minimum atomic E-state index is -0.876. The second-order valence-corrected chi connectivity index (χ2v) is 5.06. The highest BCUT2D eigenvalue weighted by atomic mass is 16.4. The van der Waals surface area contributed by atoms with Crippen molar-refractivity contribution < 1.29 is 9.90 Å². The van der Waals surface area contributed by atoms with E-state index in [0.29, 0.717) is 5.56 Å². The van der Waals surface area contributed by atoms with Crippen LogP contribution in [0.15, 0.2) is 36.4 Å². The largest absolute Gasteiger partial charge is 0.478 e. The molecule has 0 aromatic heterocycles. The van der Waals surface area contributed by atoms with Crippen LogP contribution in [-0.2, 0) is 6.42 Å². The molecule has 0 radical (unpaired) electrons. The molecule has 0 aliphatic carbocycles. The minimum absolute atomic E-state index is 0.347. The molecule has 2 nitrogen and oxygen atoms in total. The Hall–Kier alpha value is -2.09. The van der Waals surface area contributed by atoms with Gasteiger partial charge in [0.15, 0.2) is 0 Å². The first kappa shape index (κ1) is 13.3. The number of carboxylic acid groups (broad SMARTS) is 1. The summed E-state index contributed by atoms with van der Waals surface area (Å²) in [5.41, 5.74) is 6.46. The monoisotopic (exact) mass is 254 g/mol. The van der Waals surface area contributed by atoms with Gasteiger partial charge in [-0.1, -0.05) is 29.8 Å². The SMILES string of the molecule is Cc1cc(C)c(Cc2cccc(C(=O)O)c2)c(C)c1. The average molecular weight is 254 g/mol. The second-order valence-electron chi connectivity index (χ2n) is 5.06. The van der Waals surface area contributed by atoms with Crippen molar-refractivity contribution in [1.29, 1.82) is 0 Å². The van der Waals surface area contributed by atoms with Gasteiger partial charge in [0.2, 0.25) is 0 Å². The molecule has 19 heavy (non-hydrogen) atoms. The Morgan fingerprint density at radius 1 is 1.05 bits per heavy atom. The summed E-state index contributed by atoms with van der Waals surface area (Å²) < 4.78 is 0. The fraction of sp³-hybridized carbons (Fsp3) is 0.235. The number of benzene rings is 2. The molecule has 0 amide bonds. The third-order valence-corrected chi connectivity index (χ3v) is 3.40. The van der Waals surface area contributed by atoms with Gasteiger partial charge in [0, 0.05) is 0 Å².